The summed E-state index contributed by atoms with van der Waals surface area (Å²) in [6.45, 7) is 1.05. The molecule has 1 aromatic rings. The zero-order chi connectivity index (χ0) is 16.1. The van der Waals surface area contributed by atoms with Gasteiger partial charge in [0.1, 0.15) is 11.8 Å². The van der Waals surface area contributed by atoms with Crippen LogP contribution in [0.2, 0.25) is 10.0 Å². The maximum Gasteiger partial charge on any atom is 0.244 e. The number of likely N-dealkylation sites (N-methyl/N-ethyl adjacent to an activating group) is 1. The predicted octanol–water partition coefficient (Wildman–Crippen LogP) is 2.50. The van der Waals surface area contributed by atoms with Gasteiger partial charge in [0.05, 0.1) is 11.6 Å². The first-order valence-electron chi connectivity index (χ1n) is 7.09. The number of nitrogens with zero attached hydrogens (tertiary/aromatic N) is 1. The van der Waals surface area contributed by atoms with Gasteiger partial charge in [-0.1, -0.05) is 23.2 Å². The van der Waals surface area contributed by atoms with Crippen molar-refractivity contribution >= 4 is 35.0 Å². The van der Waals surface area contributed by atoms with Crippen molar-refractivity contribution in [3.05, 3.63) is 28.2 Å². The number of halogens is 2. The van der Waals surface area contributed by atoms with Crippen LogP contribution in [0.4, 0.5) is 0 Å². The molecule has 0 saturated carbocycles. The molecule has 2 amide bonds. The standard InChI is InChI=1S/C15H18Cl2N2O3/c1-19-7-6-12(15(19)21)18-14(20)3-2-8-22-13-5-4-10(16)9-11(13)17/h4-5,9,12H,2-3,6-8H2,1H3,(H,18,20). The normalized spacial score (nSPS) is 17.7. The Labute approximate surface area is 139 Å². The summed E-state index contributed by atoms with van der Waals surface area (Å²) in [4.78, 5) is 25.1. The molecule has 120 valence electrons. The number of likely N-dealkylation sites (tertiary alicyclic amines) is 1. The summed E-state index contributed by atoms with van der Waals surface area (Å²) in [5, 5.41) is 3.73. The number of nitrogens with one attached hydrogen (secondary N) is 1. The first kappa shape index (κ1) is 16.9. The molecule has 22 heavy (non-hydrogen) atoms. The second-order valence-electron chi connectivity index (χ2n) is 5.20. The lowest BCUT2D eigenvalue weighted by Crippen LogP contribution is -2.40. The molecule has 0 aliphatic carbocycles. The van der Waals surface area contributed by atoms with Crippen LogP contribution in [0, 0.1) is 0 Å². The molecule has 0 spiro atoms. The molecule has 1 aliphatic rings. The van der Waals surface area contributed by atoms with Crippen LogP contribution < -0.4 is 10.1 Å². The van der Waals surface area contributed by atoms with Crippen molar-refractivity contribution in [2.75, 3.05) is 20.2 Å². The van der Waals surface area contributed by atoms with Crippen molar-refractivity contribution in [1.29, 1.82) is 0 Å². The Kier molecular flexibility index (Phi) is 5.91. The Balaban J connectivity index is 1.68. The molecule has 2 rings (SSSR count). The number of rotatable bonds is 6. The van der Waals surface area contributed by atoms with Crippen LogP contribution in [0.1, 0.15) is 19.3 Å². The van der Waals surface area contributed by atoms with E-state index < -0.39 is 0 Å². The highest BCUT2D eigenvalue weighted by Gasteiger charge is 2.29. The monoisotopic (exact) mass is 344 g/mol. The van der Waals surface area contributed by atoms with Gasteiger partial charge in [0.25, 0.3) is 0 Å². The molecule has 0 radical (unpaired) electrons. The molecule has 1 fully saturated rings. The van der Waals surface area contributed by atoms with Crippen molar-refractivity contribution in [2.24, 2.45) is 0 Å². The third-order valence-electron chi connectivity index (χ3n) is 3.46. The Morgan fingerprint density at radius 2 is 2.23 bits per heavy atom. The van der Waals surface area contributed by atoms with Gasteiger partial charge in [0.15, 0.2) is 0 Å². The fourth-order valence-corrected chi connectivity index (χ4v) is 2.69. The van der Waals surface area contributed by atoms with Gasteiger partial charge in [-0.3, -0.25) is 9.59 Å². The molecule has 0 bridgehead atoms. The second-order valence-corrected chi connectivity index (χ2v) is 6.04. The predicted molar refractivity (Wildman–Crippen MR) is 85.4 cm³/mol. The minimum Gasteiger partial charge on any atom is -0.492 e. The van der Waals surface area contributed by atoms with Crippen molar-refractivity contribution < 1.29 is 14.3 Å². The quantitative estimate of drug-likeness (QED) is 0.806. The van der Waals surface area contributed by atoms with Gasteiger partial charge in [-0.05, 0) is 31.0 Å². The van der Waals surface area contributed by atoms with Gasteiger partial charge < -0.3 is 15.0 Å². The lowest BCUT2D eigenvalue weighted by atomic mass is 10.2. The first-order chi connectivity index (χ1) is 10.5. The van der Waals surface area contributed by atoms with Crippen LogP contribution in [-0.4, -0.2) is 43.0 Å². The number of carbonyl (C=O) groups excluding carboxylic acids is 2. The van der Waals surface area contributed by atoms with Crippen LogP contribution in [0.15, 0.2) is 18.2 Å². The van der Waals surface area contributed by atoms with E-state index in [1.807, 2.05) is 0 Å². The maximum absolute atomic E-state index is 11.8. The van der Waals surface area contributed by atoms with Gasteiger partial charge in [0, 0.05) is 25.0 Å². The van der Waals surface area contributed by atoms with Gasteiger partial charge in [-0.25, -0.2) is 0 Å². The summed E-state index contributed by atoms with van der Waals surface area (Å²) < 4.78 is 5.50. The van der Waals surface area contributed by atoms with Crippen LogP contribution in [-0.2, 0) is 9.59 Å². The summed E-state index contributed by atoms with van der Waals surface area (Å²) in [5.74, 6) is 0.371. The lowest BCUT2D eigenvalue weighted by molar-refractivity contribution is -0.131. The second kappa shape index (κ2) is 7.70. The van der Waals surface area contributed by atoms with Gasteiger partial charge in [-0.15, -0.1) is 0 Å². The van der Waals surface area contributed by atoms with Crippen molar-refractivity contribution in [3.8, 4) is 5.75 Å². The largest absolute Gasteiger partial charge is 0.492 e. The molecular formula is C15H18Cl2N2O3. The highest BCUT2D eigenvalue weighted by molar-refractivity contribution is 6.35. The van der Waals surface area contributed by atoms with Crippen molar-refractivity contribution in [3.63, 3.8) is 0 Å². The number of carbonyl (C=O) groups is 2. The molecule has 1 aliphatic heterocycles. The van der Waals surface area contributed by atoms with E-state index in [2.05, 4.69) is 5.32 Å². The topological polar surface area (TPSA) is 58.6 Å². The molecule has 1 N–H and O–H groups in total. The molecule has 0 aromatic heterocycles. The van der Waals surface area contributed by atoms with E-state index in [9.17, 15) is 9.59 Å². The first-order valence-corrected chi connectivity index (χ1v) is 7.85. The van der Waals surface area contributed by atoms with Gasteiger partial charge >= 0.3 is 0 Å². The van der Waals surface area contributed by atoms with E-state index in [1.54, 1.807) is 30.1 Å². The van der Waals surface area contributed by atoms with E-state index in [0.29, 0.717) is 48.2 Å². The number of hydrogen-bond acceptors (Lipinski definition) is 3. The van der Waals surface area contributed by atoms with Crippen molar-refractivity contribution in [1.82, 2.24) is 10.2 Å². The number of hydrogen-bond donors (Lipinski definition) is 1. The zero-order valence-electron chi connectivity index (χ0n) is 12.3. The molecule has 5 nitrogen and oxygen atoms in total. The maximum atomic E-state index is 11.8. The summed E-state index contributed by atoms with van der Waals surface area (Å²) in [5.41, 5.74) is 0. The third-order valence-corrected chi connectivity index (χ3v) is 3.99. The van der Waals surface area contributed by atoms with E-state index in [-0.39, 0.29) is 17.9 Å². The van der Waals surface area contributed by atoms with Crippen LogP contribution in [0.3, 0.4) is 0 Å². The van der Waals surface area contributed by atoms with E-state index >= 15 is 0 Å². The average Bonchev–Trinajstić information content (AvgIpc) is 2.77. The Morgan fingerprint density at radius 1 is 1.45 bits per heavy atom. The fraction of sp³-hybridized carbons (Fsp3) is 0.467. The average molecular weight is 345 g/mol. The van der Waals surface area contributed by atoms with Crippen LogP contribution in [0.25, 0.3) is 0 Å². The Bertz CT molecular complexity index is 566. The molecule has 1 heterocycles. The number of amides is 2. The van der Waals surface area contributed by atoms with E-state index in [1.165, 1.54) is 0 Å². The lowest BCUT2D eigenvalue weighted by Gasteiger charge is -2.12. The fourth-order valence-electron chi connectivity index (χ4n) is 2.23. The summed E-state index contributed by atoms with van der Waals surface area (Å²) in [6.07, 6.45) is 1.51. The molecule has 1 unspecified atom stereocenters. The summed E-state index contributed by atoms with van der Waals surface area (Å²) in [7, 11) is 1.73. The van der Waals surface area contributed by atoms with Gasteiger partial charge in [0.2, 0.25) is 11.8 Å². The van der Waals surface area contributed by atoms with Crippen molar-refractivity contribution in [2.45, 2.75) is 25.3 Å². The minimum atomic E-state index is -0.385. The molecular weight excluding hydrogens is 327 g/mol. The Hall–Kier alpha value is -1.46. The highest BCUT2D eigenvalue weighted by atomic mass is 35.5. The van der Waals surface area contributed by atoms with E-state index in [4.69, 9.17) is 27.9 Å². The Morgan fingerprint density at radius 3 is 2.86 bits per heavy atom. The summed E-state index contributed by atoms with van der Waals surface area (Å²) in [6, 6.07) is 4.60. The molecule has 1 aromatic carbocycles. The minimum absolute atomic E-state index is 0.0300. The highest BCUT2D eigenvalue weighted by Crippen LogP contribution is 2.27. The van der Waals surface area contributed by atoms with Crippen LogP contribution in [0.5, 0.6) is 5.75 Å². The van der Waals surface area contributed by atoms with Crippen LogP contribution >= 0.6 is 23.2 Å². The summed E-state index contributed by atoms with van der Waals surface area (Å²) >= 11 is 11.8. The van der Waals surface area contributed by atoms with E-state index in [0.717, 1.165) is 0 Å². The molecule has 1 atom stereocenters. The molecule has 7 heteroatoms. The zero-order valence-corrected chi connectivity index (χ0v) is 13.8. The number of ether oxygens (including phenoxy) is 1. The number of benzene rings is 1. The molecule has 1 saturated heterocycles. The SMILES string of the molecule is CN1CCC(NC(=O)CCCOc2ccc(Cl)cc2Cl)C1=O. The van der Waals surface area contributed by atoms with Gasteiger partial charge in [-0.2, -0.15) is 0 Å². The third kappa shape index (κ3) is 4.52. The smallest absolute Gasteiger partial charge is 0.244 e.